The molecule has 1 saturated heterocycles. The van der Waals surface area contributed by atoms with Crippen molar-refractivity contribution in [3.05, 3.63) is 29.3 Å². The lowest BCUT2D eigenvalue weighted by atomic mass is 10.0. The first-order valence-corrected chi connectivity index (χ1v) is 9.21. The summed E-state index contributed by atoms with van der Waals surface area (Å²) in [6.45, 7) is 7.27. The quantitative estimate of drug-likeness (QED) is 0.875. The fourth-order valence-electron chi connectivity index (χ4n) is 2.57. The Kier molecular flexibility index (Phi) is 4.77. The predicted octanol–water partition coefficient (Wildman–Crippen LogP) is 1.19. The van der Waals surface area contributed by atoms with Crippen molar-refractivity contribution in [3.8, 4) is 0 Å². The number of piperazine rings is 1. The van der Waals surface area contributed by atoms with Gasteiger partial charge in [-0.1, -0.05) is 6.07 Å². The van der Waals surface area contributed by atoms with Gasteiger partial charge in [-0.2, -0.15) is 0 Å². The molecule has 1 aromatic carbocycles. The summed E-state index contributed by atoms with van der Waals surface area (Å²) in [4.78, 5) is 14.5. The molecular formula is C15H23N3O3S. The summed E-state index contributed by atoms with van der Waals surface area (Å²) in [6, 6.07) is 5.44. The zero-order valence-corrected chi connectivity index (χ0v) is 14.2. The summed E-state index contributed by atoms with van der Waals surface area (Å²) >= 11 is 0. The molecule has 122 valence electrons. The lowest BCUT2D eigenvalue weighted by molar-refractivity contribution is 0.0603. The third kappa shape index (κ3) is 3.78. The maximum atomic E-state index is 12.7. The van der Waals surface area contributed by atoms with Crippen LogP contribution in [0.4, 0.5) is 5.69 Å². The molecule has 1 aliphatic heterocycles. The van der Waals surface area contributed by atoms with Gasteiger partial charge in [-0.15, -0.1) is 0 Å². The molecule has 1 fully saturated rings. The van der Waals surface area contributed by atoms with Gasteiger partial charge >= 0.3 is 0 Å². The van der Waals surface area contributed by atoms with Crippen LogP contribution >= 0.6 is 0 Å². The van der Waals surface area contributed by atoms with Crippen LogP contribution in [0.25, 0.3) is 0 Å². The average molecular weight is 325 g/mol. The topological polar surface area (TPSA) is 78.5 Å². The molecule has 2 rings (SSSR count). The van der Waals surface area contributed by atoms with Crippen LogP contribution in [0.1, 0.15) is 29.8 Å². The number of carbonyl (C=O) groups is 1. The Morgan fingerprint density at radius 1 is 1.36 bits per heavy atom. The van der Waals surface area contributed by atoms with E-state index in [9.17, 15) is 13.2 Å². The SMILES string of the molecule is Cc1ccc(C(=O)N2CCNC(C)C2C)cc1NS(C)(=O)=O. The van der Waals surface area contributed by atoms with Gasteiger partial charge in [0.15, 0.2) is 0 Å². The number of benzene rings is 1. The van der Waals surface area contributed by atoms with E-state index < -0.39 is 10.0 Å². The molecule has 0 bridgehead atoms. The van der Waals surface area contributed by atoms with E-state index in [2.05, 4.69) is 17.0 Å². The number of hydrogen-bond acceptors (Lipinski definition) is 4. The van der Waals surface area contributed by atoms with Crippen LogP contribution < -0.4 is 10.0 Å². The van der Waals surface area contributed by atoms with Crippen molar-refractivity contribution >= 4 is 21.6 Å². The number of hydrogen-bond donors (Lipinski definition) is 2. The van der Waals surface area contributed by atoms with Crippen molar-refractivity contribution in [2.24, 2.45) is 0 Å². The van der Waals surface area contributed by atoms with Crippen molar-refractivity contribution in [1.82, 2.24) is 10.2 Å². The predicted molar refractivity (Wildman–Crippen MR) is 87.6 cm³/mol. The molecular weight excluding hydrogens is 302 g/mol. The summed E-state index contributed by atoms with van der Waals surface area (Å²) in [5.41, 5.74) is 1.73. The zero-order chi connectivity index (χ0) is 16.5. The molecule has 2 atom stereocenters. The van der Waals surface area contributed by atoms with E-state index in [0.717, 1.165) is 18.4 Å². The number of sulfonamides is 1. The molecule has 0 aliphatic carbocycles. The first-order valence-electron chi connectivity index (χ1n) is 7.32. The van der Waals surface area contributed by atoms with Crippen LogP contribution in [0.5, 0.6) is 0 Å². The molecule has 2 unspecified atom stereocenters. The van der Waals surface area contributed by atoms with Crippen LogP contribution in [-0.2, 0) is 10.0 Å². The standard InChI is InChI=1S/C15H23N3O3S/c1-10-5-6-13(9-14(10)17-22(4,20)21)15(19)18-8-7-16-11(2)12(18)3/h5-6,9,11-12,16-17H,7-8H2,1-4H3. The average Bonchev–Trinajstić information content (AvgIpc) is 2.42. The minimum absolute atomic E-state index is 0.0719. The highest BCUT2D eigenvalue weighted by atomic mass is 32.2. The maximum Gasteiger partial charge on any atom is 0.254 e. The van der Waals surface area contributed by atoms with Gasteiger partial charge in [-0.05, 0) is 38.5 Å². The van der Waals surface area contributed by atoms with E-state index >= 15 is 0 Å². The Bertz CT molecular complexity index is 673. The number of aryl methyl sites for hydroxylation is 1. The highest BCUT2D eigenvalue weighted by Crippen LogP contribution is 2.21. The van der Waals surface area contributed by atoms with Gasteiger partial charge in [0.05, 0.1) is 11.9 Å². The lowest BCUT2D eigenvalue weighted by Gasteiger charge is -2.38. The Morgan fingerprint density at radius 3 is 2.68 bits per heavy atom. The fourth-order valence-corrected chi connectivity index (χ4v) is 3.19. The molecule has 1 aliphatic rings. The lowest BCUT2D eigenvalue weighted by Crippen LogP contribution is -2.57. The monoisotopic (exact) mass is 325 g/mol. The Labute approximate surface area is 131 Å². The molecule has 22 heavy (non-hydrogen) atoms. The number of amides is 1. The van der Waals surface area contributed by atoms with Gasteiger partial charge < -0.3 is 10.2 Å². The van der Waals surface area contributed by atoms with Gasteiger partial charge in [0.2, 0.25) is 10.0 Å². The van der Waals surface area contributed by atoms with Crippen molar-refractivity contribution in [1.29, 1.82) is 0 Å². The first kappa shape index (κ1) is 16.8. The molecule has 1 amide bonds. The Morgan fingerprint density at radius 2 is 2.05 bits per heavy atom. The Hall–Kier alpha value is -1.60. The smallest absolute Gasteiger partial charge is 0.254 e. The molecule has 1 heterocycles. The Balaban J connectivity index is 2.28. The molecule has 1 aromatic rings. The van der Waals surface area contributed by atoms with E-state index in [4.69, 9.17) is 0 Å². The number of carbonyl (C=O) groups excluding carboxylic acids is 1. The number of rotatable bonds is 3. The van der Waals surface area contributed by atoms with Crippen molar-refractivity contribution in [2.45, 2.75) is 32.9 Å². The summed E-state index contributed by atoms with van der Waals surface area (Å²) in [7, 11) is -3.37. The van der Waals surface area contributed by atoms with Gasteiger partial charge in [-0.3, -0.25) is 9.52 Å². The third-order valence-corrected chi connectivity index (χ3v) is 4.67. The van der Waals surface area contributed by atoms with Gasteiger partial charge in [0, 0.05) is 30.7 Å². The van der Waals surface area contributed by atoms with E-state index in [-0.39, 0.29) is 18.0 Å². The molecule has 0 radical (unpaired) electrons. The minimum Gasteiger partial charge on any atom is -0.333 e. The molecule has 7 heteroatoms. The molecule has 0 aromatic heterocycles. The number of nitrogens with one attached hydrogen (secondary N) is 2. The summed E-state index contributed by atoms with van der Waals surface area (Å²) in [5, 5.41) is 3.33. The van der Waals surface area contributed by atoms with E-state index in [1.807, 2.05) is 11.8 Å². The second-order valence-electron chi connectivity index (χ2n) is 5.89. The first-order chi connectivity index (χ1) is 10.2. The van der Waals surface area contributed by atoms with Crippen LogP contribution in [0, 0.1) is 6.92 Å². The number of anilines is 1. The van der Waals surface area contributed by atoms with E-state index in [0.29, 0.717) is 17.8 Å². The highest BCUT2D eigenvalue weighted by molar-refractivity contribution is 7.92. The summed E-state index contributed by atoms with van der Waals surface area (Å²) in [6.07, 6.45) is 1.10. The van der Waals surface area contributed by atoms with Gasteiger partial charge in [0.25, 0.3) is 5.91 Å². The van der Waals surface area contributed by atoms with Crippen LogP contribution in [0.2, 0.25) is 0 Å². The van der Waals surface area contributed by atoms with Crippen molar-refractivity contribution in [3.63, 3.8) is 0 Å². The molecule has 6 nitrogen and oxygen atoms in total. The maximum absolute atomic E-state index is 12.7. The number of nitrogens with zero attached hydrogens (tertiary/aromatic N) is 1. The van der Waals surface area contributed by atoms with Crippen LogP contribution in [-0.4, -0.2) is 50.7 Å². The van der Waals surface area contributed by atoms with E-state index in [1.54, 1.807) is 25.1 Å². The van der Waals surface area contributed by atoms with Crippen LogP contribution in [0.15, 0.2) is 18.2 Å². The van der Waals surface area contributed by atoms with Crippen molar-refractivity contribution in [2.75, 3.05) is 24.1 Å². The third-order valence-electron chi connectivity index (χ3n) is 4.07. The molecule has 0 saturated carbocycles. The summed E-state index contributed by atoms with van der Waals surface area (Å²) < 4.78 is 25.3. The zero-order valence-electron chi connectivity index (χ0n) is 13.4. The van der Waals surface area contributed by atoms with E-state index in [1.165, 1.54) is 0 Å². The van der Waals surface area contributed by atoms with Gasteiger partial charge in [-0.25, -0.2) is 8.42 Å². The second-order valence-corrected chi connectivity index (χ2v) is 7.63. The largest absolute Gasteiger partial charge is 0.333 e. The highest BCUT2D eigenvalue weighted by Gasteiger charge is 2.28. The van der Waals surface area contributed by atoms with Gasteiger partial charge in [0.1, 0.15) is 0 Å². The fraction of sp³-hybridized carbons (Fsp3) is 0.533. The summed E-state index contributed by atoms with van der Waals surface area (Å²) in [5.74, 6) is -0.0719. The van der Waals surface area contributed by atoms with Crippen LogP contribution in [0.3, 0.4) is 0 Å². The minimum atomic E-state index is -3.37. The molecule has 2 N–H and O–H groups in total. The normalized spacial score (nSPS) is 22.5. The molecule has 0 spiro atoms. The second kappa shape index (κ2) is 6.26. The van der Waals surface area contributed by atoms with Crippen molar-refractivity contribution < 1.29 is 13.2 Å².